The molecule has 0 aliphatic rings. The van der Waals surface area contributed by atoms with Gasteiger partial charge in [-0.1, -0.05) is 64.5 Å². The van der Waals surface area contributed by atoms with Crippen LogP contribution >= 0.6 is 27.5 Å². The molecular formula is C18H13BrClF. The second kappa shape index (κ2) is 6.17. The quantitative estimate of drug-likeness (QED) is 0.481. The Bertz CT molecular complexity index is 780. The highest BCUT2D eigenvalue weighted by atomic mass is 79.9. The molecule has 3 rings (SSSR count). The topological polar surface area (TPSA) is 0 Å². The van der Waals surface area contributed by atoms with Gasteiger partial charge in [-0.05, 0) is 34.9 Å². The lowest BCUT2D eigenvalue weighted by atomic mass is 9.98. The van der Waals surface area contributed by atoms with Gasteiger partial charge >= 0.3 is 0 Å². The molecule has 0 nitrogen and oxygen atoms in total. The summed E-state index contributed by atoms with van der Waals surface area (Å²) in [6, 6.07) is 19.3. The van der Waals surface area contributed by atoms with Crippen LogP contribution in [0.25, 0.3) is 10.8 Å². The van der Waals surface area contributed by atoms with Gasteiger partial charge in [0.15, 0.2) is 0 Å². The number of halogens is 3. The maximum atomic E-state index is 14.0. The Morgan fingerprint density at radius 1 is 1.00 bits per heavy atom. The summed E-state index contributed by atoms with van der Waals surface area (Å²) in [5, 5.41) is 1.96. The van der Waals surface area contributed by atoms with E-state index in [1.807, 2.05) is 24.3 Å². The van der Waals surface area contributed by atoms with Crippen molar-refractivity contribution in [1.82, 2.24) is 0 Å². The third-order valence-corrected chi connectivity index (χ3v) is 4.46. The van der Waals surface area contributed by atoms with Gasteiger partial charge in [0.25, 0.3) is 0 Å². The fraction of sp³-hybridized carbons (Fsp3) is 0.111. The first-order chi connectivity index (χ1) is 10.1. The number of benzene rings is 3. The molecule has 3 aromatic rings. The summed E-state index contributed by atoms with van der Waals surface area (Å²) in [5.74, 6) is -0.274. The van der Waals surface area contributed by atoms with Gasteiger partial charge in [0.2, 0.25) is 0 Å². The summed E-state index contributed by atoms with van der Waals surface area (Å²) in [7, 11) is 0. The lowest BCUT2D eigenvalue weighted by Crippen LogP contribution is -1.99. The van der Waals surface area contributed by atoms with Gasteiger partial charge in [0.1, 0.15) is 5.82 Å². The Morgan fingerprint density at radius 3 is 2.57 bits per heavy atom. The summed E-state index contributed by atoms with van der Waals surface area (Å²) in [5.41, 5.74) is 1.67. The maximum absolute atomic E-state index is 14.0. The molecular weight excluding hydrogens is 351 g/mol. The van der Waals surface area contributed by atoms with Crippen LogP contribution in [0.1, 0.15) is 16.5 Å². The number of hydrogen-bond donors (Lipinski definition) is 0. The second-order valence-corrected chi connectivity index (χ2v) is 6.42. The van der Waals surface area contributed by atoms with Crippen LogP contribution in [-0.2, 0) is 6.42 Å². The zero-order chi connectivity index (χ0) is 14.8. The van der Waals surface area contributed by atoms with Crippen molar-refractivity contribution in [3.63, 3.8) is 0 Å². The predicted molar refractivity (Wildman–Crippen MR) is 90.3 cm³/mol. The fourth-order valence-electron chi connectivity index (χ4n) is 2.53. The summed E-state index contributed by atoms with van der Waals surface area (Å²) in [6.45, 7) is 0. The molecule has 0 heterocycles. The Labute approximate surface area is 136 Å². The molecule has 106 valence electrons. The Morgan fingerprint density at radius 2 is 1.76 bits per heavy atom. The van der Waals surface area contributed by atoms with E-state index in [4.69, 9.17) is 11.6 Å². The van der Waals surface area contributed by atoms with Crippen molar-refractivity contribution < 1.29 is 4.39 Å². The van der Waals surface area contributed by atoms with E-state index in [1.54, 1.807) is 6.07 Å². The zero-order valence-electron chi connectivity index (χ0n) is 11.2. The van der Waals surface area contributed by atoms with Gasteiger partial charge in [-0.15, -0.1) is 11.6 Å². The highest BCUT2D eigenvalue weighted by molar-refractivity contribution is 9.10. The molecule has 0 radical (unpaired) electrons. The van der Waals surface area contributed by atoms with Crippen molar-refractivity contribution in [3.05, 3.63) is 82.1 Å². The van der Waals surface area contributed by atoms with Crippen molar-refractivity contribution in [1.29, 1.82) is 0 Å². The fourth-order valence-corrected chi connectivity index (χ4v) is 3.21. The number of fused-ring (bicyclic) bond motifs is 1. The summed E-state index contributed by atoms with van der Waals surface area (Å²) < 4.78 is 14.7. The van der Waals surface area contributed by atoms with Crippen LogP contribution < -0.4 is 0 Å². The van der Waals surface area contributed by atoms with Gasteiger partial charge in [-0.3, -0.25) is 0 Å². The standard InChI is InChI=1S/C18H13BrClF/c19-14-8-9-16(18(21)11-14)17(20)10-13-6-3-5-12-4-1-2-7-15(12)13/h1-9,11,17H,10H2. The molecule has 0 saturated heterocycles. The molecule has 0 fully saturated rings. The van der Waals surface area contributed by atoms with Crippen molar-refractivity contribution in [2.75, 3.05) is 0 Å². The van der Waals surface area contributed by atoms with Crippen LogP contribution in [0.3, 0.4) is 0 Å². The van der Waals surface area contributed by atoms with E-state index in [2.05, 4.69) is 40.2 Å². The van der Waals surface area contributed by atoms with Crippen molar-refractivity contribution in [2.24, 2.45) is 0 Å². The minimum Gasteiger partial charge on any atom is -0.207 e. The second-order valence-electron chi connectivity index (χ2n) is 4.98. The van der Waals surface area contributed by atoms with E-state index in [9.17, 15) is 4.39 Å². The highest BCUT2D eigenvalue weighted by Crippen LogP contribution is 2.31. The van der Waals surface area contributed by atoms with Crippen LogP contribution in [0.2, 0.25) is 0 Å². The third-order valence-electron chi connectivity index (χ3n) is 3.58. The van der Waals surface area contributed by atoms with E-state index in [0.29, 0.717) is 12.0 Å². The maximum Gasteiger partial charge on any atom is 0.129 e. The van der Waals surface area contributed by atoms with E-state index >= 15 is 0 Å². The SMILES string of the molecule is Fc1cc(Br)ccc1C(Cl)Cc1cccc2ccccc12. The number of rotatable bonds is 3. The molecule has 1 atom stereocenters. The molecule has 0 aromatic heterocycles. The van der Waals surface area contributed by atoms with E-state index in [1.165, 1.54) is 16.8 Å². The Kier molecular flexibility index (Phi) is 4.27. The number of hydrogen-bond acceptors (Lipinski definition) is 0. The molecule has 3 aromatic carbocycles. The number of alkyl halides is 1. The van der Waals surface area contributed by atoms with Crippen LogP contribution in [0.5, 0.6) is 0 Å². The first kappa shape index (κ1) is 14.6. The van der Waals surface area contributed by atoms with Crippen molar-refractivity contribution in [3.8, 4) is 0 Å². The van der Waals surface area contributed by atoms with E-state index in [-0.39, 0.29) is 11.2 Å². The third kappa shape index (κ3) is 3.12. The molecule has 21 heavy (non-hydrogen) atoms. The molecule has 0 bridgehead atoms. The molecule has 0 amide bonds. The van der Waals surface area contributed by atoms with Crippen molar-refractivity contribution in [2.45, 2.75) is 11.8 Å². The van der Waals surface area contributed by atoms with Gasteiger partial charge in [0, 0.05) is 10.0 Å². The normalized spacial score (nSPS) is 12.5. The van der Waals surface area contributed by atoms with Gasteiger partial charge in [-0.2, -0.15) is 0 Å². The van der Waals surface area contributed by atoms with E-state index in [0.717, 1.165) is 10.0 Å². The monoisotopic (exact) mass is 362 g/mol. The Hall–Kier alpha value is -1.38. The largest absolute Gasteiger partial charge is 0.207 e. The van der Waals surface area contributed by atoms with E-state index < -0.39 is 0 Å². The minimum atomic E-state index is -0.385. The molecule has 3 heteroatoms. The molecule has 0 aliphatic heterocycles. The van der Waals surface area contributed by atoms with Crippen LogP contribution in [0, 0.1) is 5.82 Å². The zero-order valence-corrected chi connectivity index (χ0v) is 13.5. The van der Waals surface area contributed by atoms with Gasteiger partial charge < -0.3 is 0 Å². The van der Waals surface area contributed by atoms with Crippen LogP contribution in [-0.4, -0.2) is 0 Å². The average molecular weight is 364 g/mol. The lowest BCUT2D eigenvalue weighted by molar-refractivity contribution is 0.605. The minimum absolute atomic E-state index is 0.274. The molecule has 1 unspecified atom stereocenters. The molecule has 0 N–H and O–H groups in total. The predicted octanol–water partition coefficient (Wildman–Crippen LogP) is 6.26. The summed E-state index contributed by atoms with van der Waals surface area (Å²) in [4.78, 5) is 0. The summed E-state index contributed by atoms with van der Waals surface area (Å²) >= 11 is 9.71. The smallest absolute Gasteiger partial charge is 0.129 e. The van der Waals surface area contributed by atoms with Gasteiger partial charge in [-0.25, -0.2) is 4.39 Å². The Balaban J connectivity index is 1.94. The van der Waals surface area contributed by atoms with Crippen LogP contribution in [0.15, 0.2) is 65.1 Å². The lowest BCUT2D eigenvalue weighted by Gasteiger charge is -2.13. The highest BCUT2D eigenvalue weighted by Gasteiger charge is 2.15. The first-order valence-electron chi connectivity index (χ1n) is 6.71. The molecule has 0 aliphatic carbocycles. The summed E-state index contributed by atoms with van der Waals surface area (Å²) in [6.07, 6.45) is 0.599. The van der Waals surface area contributed by atoms with Crippen LogP contribution in [0.4, 0.5) is 4.39 Å². The first-order valence-corrected chi connectivity index (χ1v) is 7.94. The average Bonchev–Trinajstić information content (AvgIpc) is 2.47. The molecule has 0 spiro atoms. The van der Waals surface area contributed by atoms with Crippen molar-refractivity contribution >= 4 is 38.3 Å². The van der Waals surface area contributed by atoms with Gasteiger partial charge in [0.05, 0.1) is 5.38 Å². The molecule has 0 saturated carbocycles.